The highest BCUT2D eigenvalue weighted by atomic mass is 16.5. The second kappa shape index (κ2) is 4.39. The third-order valence-corrected chi connectivity index (χ3v) is 2.86. The first kappa shape index (κ1) is 11.2. The summed E-state index contributed by atoms with van der Waals surface area (Å²) in [5, 5.41) is 3.22. The molecule has 0 aromatic carbocycles. The van der Waals surface area contributed by atoms with Crippen LogP contribution in [-0.4, -0.2) is 45.7 Å². The number of fused-ring (bicyclic) bond motifs is 1. The Morgan fingerprint density at radius 1 is 1.28 bits per heavy atom. The zero-order valence-corrected chi connectivity index (χ0v) is 9.58. The molecule has 1 saturated heterocycles. The van der Waals surface area contributed by atoms with E-state index in [1.165, 1.54) is 0 Å². The van der Waals surface area contributed by atoms with Crippen LogP contribution in [0, 0.1) is 0 Å². The molecule has 0 radical (unpaired) electrons. The zero-order chi connectivity index (χ0) is 12.5. The van der Waals surface area contributed by atoms with Crippen molar-refractivity contribution in [3.8, 4) is 0 Å². The molecule has 0 bridgehead atoms. The monoisotopic (exact) mass is 251 g/mol. The normalized spacial score (nSPS) is 20.3. The van der Waals surface area contributed by atoms with E-state index in [9.17, 15) is 9.59 Å². The zero-order valence-electron chi connectivity index (χ0n) is 9.58. The van der Waals surface area contributed by atoms with Crippen molar-refractivity contribution in [2.24, 2.45) is 0 Å². The van der Waals surface area contributed by atoms with Crippen LogP contribution in [0.1, 0.15) is 5.82 Å². The topological polar surface area (TPSA) is 116 Å². The Morgan fingerprint density at radius 3 is 2.94 bits per heavy atom. The molecule has 4 N–H and O–H groups in total. The number of hydrogen-bond acceptors (Lipinski definition) is 5. The fraction of sp³-hybridized carbons (Fsp3) is 0.500. The van der Waals surface area contributed by atoms with Gasteiger partial charge in [0.05, 0.1) is 12.7 Å². The Hall–Kier alpha value is -1.93. The van der Waals surface area contributed by atoms with E-state index in [1.807, 2.05) is 0 Å². The standard InChI is InChI=1S/C10H13N5O3/c16-9-7-8(14-10(17)15-9)13-6(12-7)3-5-4-11-1-2-18-5/h5,11H,1-4H2,(H3,12,13,14,15,16,17). The maximum absolute atomic E-state index is 11.5. The van der Waals surface area contributed by atoms with Gasteiger partial charge >= 0.3 is 5.69 Å². The molecule has 0 aliphatic carbocycles. The van der Waals surface area contributed by atoms with E-state index < -0.39 is 11.2 Å². The summed E-state index contributed by atoms with van der Waals surface area (Å²) in [6.45, 7) is 2.27. The van der Waals surface area contributed by atoms with E-state index in [-0.39, 0.29) is 17.3 Å². The number of aromatic amines is 3. The van der Waals surface area contributed by atoms with Crippen LogP contribution in [0.5, 0.6) is 0 Å². The molecule has 0 amide bonds. The molecular weight excluding hydrogens is 238 g/mol. The van der Waals surface area contributed by atoms with Gasteiger partial charge in [-0.2, -0.15) is 0 Å². The summed E-state index contributed by atoms with van der Waals surface area (Å²) < 4.78 is 5.55. The van der Waals surface area contributed by atoms with Crippen LogP contribution < -0.4 is 16.6 Å². The first-order valence-electron chi connectivity index (χ1n) is 5.76. The second-order valence-corrected chi connectivity index (χ2v) is 4.22. The molecule has 1 atom stereocenters. The van der Waals surface area contributed by atoms with Crippen molar-refractivity contribution in [3.05, 3.63) is 26.7 Å². The number of ether oxygens (including phenoxy) is 1. The van der Waals surface area contributed by atoms with Gasteiger partial charge in [-0.15, -0.1) is 0 Å². The minimum Gasteiger partial charge on any atom is -0.375 e. The van der Waals surface area contributed by atoms with Crippen LogP contribution in [0.2, 0.25) is 0 Å². The van der Waals surface area contributed by atoms with E-state index in [0.717, 1.165) is 13.1 Å². The van der Waals surface area contributed by atoms with Gasteiger partial charge in [0.1, 0.15) is 11.3 Å². The van der Waals surface area contributed by atoms with Gasteiger partial charge in [-0.1, -0.05) is 0 Å². The highest BCUT2D eigenvalue weighted by Crippen LogP contribution is 2.07. The van der Waals surface area contributed by atoms with Crippen molar-refractivity contribution in [2.45, 2.75) is 12.5 Å². The molecule has 3 heterocycles. The Balaban J connectivity index is 1.91. The minimum absolute atomic E-state index is 0.0325. The minimum atomic E-state index is -0.555. The molecule has 2 aromatic heterocycles. The van der Waals surface area contributed by atoms with E-state index in [0.29, 0.717) is 18.9 Å². The first-order valence-corrected chi connectivity index (χ1v) is 5.76. The predicted molar refractivity (Wildman–Crippen MR) is 63.6 cm³/mol. The SMILES string of the molecule is O=c1[nH]c(=O)c2[nH]c(CC3CNCCO3)nc2[nH]1. The van der Waals surface area contributed by atoms with Gasteiger partial charge in [0.2, 0.25) is 0 Å². The maximum atomic E-state index is 11.5. The van der Waals surface area contributed by atoms with Crippen LogP contribution in [0.25, 0.3) is 11.2 Å². The molecule has 1 aliphatic rings. The molecule has 1 unspecified atom stereocenters. The van der Waals surface area contributed by atoms with Gasteiger partial charge in [-0.05, 0) is 0 Å². The Morgan fingerprint density at radius 2 is 2.17 bits per heavy atom. The summed E-state index contributed by atoms with van der Waals surface area (Å²) in [5.41, 5.74) is -0.452. The summed E-state index contributed by atoms with van der Waals surface area (Å²) in [6.07, 6.45) is 0.605. The highest BCUT2D eigenvalue weighted by molar-refractivity contribution is 5.68. The van der Waals surface area contributed by atoms with Crippen LogP contribution >= 0.6 is 0 Å². The van der Waals surface area contributed by atoms with Crippen molar-refractivity contribution < 1.29 is 4.74 Å². The fourth-order valence-electron chi connectivity index (χ4n) is 2.04. The number of nitrogens with zero attached hydrogens (tertiary/aromatic N) is 1. The Bertz CT molecular complexity index is 664. The molecule has 8 nitrogen and oxygen atoms in total. The lowest BCUT2D eigenvalue weighted by Crippen LogP contribution is -2.39. The first-order chi connectivity index (χ1) is 8.72. The molecule has 96 valence electrons. The fourth-order valence-corrected chi connectivity index (χ4v) is 2.04. The van der Waals surface area contributed by atoms with Crippen LogP contribution in [-0.2, 0) is 11.2 Å². The van der Waals surface area contributed by atoms with Crippen molar-refractivity contribution >= 4 is 11.2 Å². The molecule has 0 spiro atoms. The number of aromatic nitrogens is 4. The van der Waals surface area contributed by atoms with Gasteiger partial charge in [0.15, 0.2) is 5.65 Å². The van der Waals surface area contributed by atoms with Crippen molar-refractivity contribution in [2.75, 3.05) is 19.7 Å². The third-order valence-electron chi connectivity index (χ3n) is 2.86. The lowest BCUT2D eigenvalue weighted by atomic mass is 10.2. The van der Waals surface area contributed by atoms with Crippen molar-refractivity contribution in [1.82, 2.24) is 25.3 Å². The molecule has 8 heteroatoms. The smallest absolute Gasteiger partial charge is 0.327 e. The lowest BCUT2D eigenvalue weighted by Gasteiger charge is -2.22. The Labute approximate surface area is 101 Å². The summed E-state index contributed by atoms with van der Waals surface area (Å²) >= 11 is 0. The van der Waals surface area contributed by atoms with Gasteiger partial charge in [0.25, 0.3) is 5.56 Å². The average molecular weight is 251 g/mol. The van der Waals surface area contributed by atoms with Gasteiger partial charge in [-0.25, -0.2) is 9.78 Å². The van der Waals surface area contributed by atoms with E-state index in [2.05, 4.69) is 25.3 Å². The molecule has 3 rings (SSSR count). The molecule has 1 fully saturated rings. The van der Waals surface area contributed by atoms with E-state index in [1.54, 1.807) is 0 Å². The quantitative estimate of drug-likeness (QED) is 0.517. The molecular formula is C10H13N5O3. The van der Waals surface area contributed by atoms with Gasteiger partial charge < -0.3 is 15.0 Å². The van der Waals surface area contributed by atoms with Crippen molar-refractivity contribution in [1.29, 1.82) is 0 Å². The van der Waals surface area contributed by atoms with E-state index in [4.69, 9.17) is 4.74 Å². The number of H-pyrrole nitrogens is 3. The number of imidazole rings is 1. The molecule has 18 heavy (non-hydrogen) atoms. The molecule has 2 aromatic rings. The van der Waals surface area contributed by atoms with Gasteiger partial charge in [-0.3, -0.25) is 14.8 Å². The highest BCUT2D eigenvalue weighted by Gasteiger charge is 2.16. The molecule has 0 saturated carbocycles. The average Bonchev–Trinajstić information content (AvgIpc) is 2.73. The van der Waals surface area contributed by atoms with Crippen molar-refractivity contribution in [3.63, 3.8) is 0 Å². The lowest BCUT2D eigenvalue weighted by molar-refractivity contribution is 0.0282. The number of nitrogens with one attached hydrogen (secondary N) is 4. The summed E-state index contributed by atoms with van der Waals surface area (Å²) in [7, 11) is 0. The van der Waals surface area contributed by atoms with E-state index >= 15 is 0 Å². The van der Waals surface area contributed by atoms with Crippen LogP contribution in [0.15, 0.2) is 9.59 Å². The Kier molecular flexibility index (Phi) is 2.73. The predicted octanol–water partition coefficient (Wildman–Crippen LogP) is -1.53. The number of morpholine rings is 1. The maximum Gasteiger partial charge on any atom is 0.327 e. The molecule has 1 aliphatic heterocycles. The number of hydrogen-bond donors (Lipinski definition) is 4. The van der Waals surface area contributed by atoms with Gasteiger partial charge in [0, 0.05) is 19.5 Å². The van der Waals surface area contributed by atoms with Crippen LogP contribution in [0.3, 0.4) is 0 Å². The largest absolute Gasteiger partial charge is 0.375 e. The summed E-state index contributed by atoms with van der Waals surface area (Å²) in [6, 6.07) is 0. The third kappa shape index (κ3) is 2.07. The van der Waals surface area contributed by atoms with Crippen LogP contribution in [0.4, 0.5) is 0 Å². The number of rotatable bonds is 2. The summed E-state index contributed by atoms with van der Waals surface area (Å²) in [4.78, 5) is 34.3. The second-order valence-electron chi connectivity index (χ2n) is 4.22. The summed E-state index contributed by atoms with van der Waals surface area (Å²) in [5.74, 6) is 0.631.